The van der Waals surface area contributed by atoms with Crippen LogP contribution in [0.25, 0.3) is 10.9 Å². The van der Waals surface area contributed by atoms with Crippen LogP contribution in [0.1, 0.15) is 56.3 Å². The number of nitrogens with zero attached hydrogens (tertiary/aromatic N) is 3. The topological polar surface area (TPSA) is 78.4 Å². The highest BCUT2D eigenvalue weighted by atomic mass is 16.3. The first-order chi connectivity index (χ1) is 12.6. The number of aliphatic hydroxyl groups is 1. The van der Waals surface area contributed by atoms with Gasteiger partial charge in [0.1, 0.15) is 6.33 Å². The number of fused-ring (bicyclic) bond motifs is 1. The van der Waals surface area contributed by atoms with Crippen LogP contribution in [0.2, 0.25) is 0 Å². The quantitative estimate of drug-likeness (QED) is 0.746. The molecule has 2 aromatic rings. The molecule has 1 aliphatic rings. The minimum atomic E-state index is -0.246. The third-order valence-corrected chi connectivity index (χ3v) is 4.97. The molecule has 1 aliphatic carbocycles. The van der Waals surface area contributed by atoms with Gasteiger partial charge in [0, 0.05) is 23.2 Å². The summed E-state index contributed by atoms with van der Waals surface area (Å²) in [4.78, 5) is 21.5. The summed E-state index contributed by atoms with van der Waals surface area (Å²) in [5.74, 6) is 0.272. The van der Waals surface area contributed by atoms with Gasteiger partial charge in [0.2, 0.25) is 0 Å². The Morgan fingerprint density at radius 1 is 1.35 bits per heavy atom. The number of carbonyl (C=O) groups excluding carboxylic acids is 1. The van der Waals surface area contributed by atoms with Gasteiger partial charge >= 0.3 is 0 Å². The molecule has 0 bridgehead atoms. The van der Waals surface area contributed by atoms with Gasteiger partial charge in [-0.2, -0.15) is 0 Å². The molecule has 1 atom stereocenters. The summed E-state index contributed by atoms with van der Waals surface area (Å²) in [6.45, 7) is 4.15. The smallest absolute Gasteiger partial charge is 0.268 e. The molecule has 140 valence electrons. The monoisotopic (exact) mass is 356 g/mol. The van der Waals surface area contributed by atoms with Crippen molar-refractivity contribution in [3.63, 3.8) is 0 Å². The fourth-order valence-electron chi connectivity index (χ4n) is 3.63. The second-order valence-electron chi connectivity index (χ2n) is 7.55. The van der Waals surface area contributed by atoms with Gasteiger partial charge in [-0.3, -0.25) is 9.80 Å². The first-order valence-corrected chi connectivity index (χ1v) is 9.49. The van der Waals surface area contributed by atoms with Crippen LogP contribution >= 0.6 is 0 Å². The number of benzene rings is 1. The van der Waals surface area contributed by atoms with E-state index in [0.29, 0.717) is 17.5 Å². The van der Waals surface area contributed by atoms with E-state index < -0.39 is 0 Å². The molecule has 1 aromatic heterocycles. The van der Waals surface area contributed by atoms with Crippen LogP contribution in [-0.2, 0) is 0 Å². The van der Waals surface area contributed by atoms with Crippen molar-refractivity contribution in [3.05, 3.63) is 36.3 Å². The number of carbonyl (C=O) groups is 1. The first-order valence-electron chi connectivity index (χ1n) is 9.49. The zero-order valence-corrected chi connectivity index (χ0v) is 15.6. The molecule has 1 unspecified atom stereocenters. The Hall–Kier alpha value is -2.05. The van der Waals surface area contributed by atoms with E-state index in [9.17, 15) is 9.90 Å². The Kier molecular flexibility index (Phi) is 6.16. The van der Waals surface area contributed by atoms with Crippen LogP contribution in [0.3, 0.4) is 0 Å². The van der Waals surface area contributed by atoms with E-state index in [-0.39, 0.29) is 18.6 Å². The second kappa shape index (κ2) is 8.56. The zero-order valence-electron chi connectivity index (χ0n) is 15.6. The third-order valence-electron chi connectivity index (χ3n) is 4.97. The van der Waals surface area contributed by atoms with Crippen molar-refractivity contribution in [3.8, 4) is 0 Å². The summed E-state index contributed by atoms with van der Waals surface area (Å²) in [6, 6.07) is 5.52. The summed E-state index contributed by atoms with van der Waals surface area (Å²) in [7, 11) is 0. The van der Waals surface area contributed by atoms with Crippen molar-refractivity contribution in [1.82, 2.24) is 20.4 Å². The molecule has 0 spiro atoms. The van der Waals surface area contributed by atoms with E-state index in [2.05, 4.69) is 29.2 Å². The number of hydrogen-bond acceptors (Lipinski definition) is 5. The van der Waals surface area contributed by atoms with Crippen LogP contribution in [-0.4, -0.2) is 44.7 Å². The van der Waals surface area contributed by atoms with Crippen molar-refractivity contribution >= 4 is 16.8 Å². The molecule has 0 aliphatic heterocycles. The van der Waals surface area contributed by atoms with Gasteiger partial charge in [-0.25, -0.2) is 15.4 Å². The van der Waals surface area contributed by atoms with Gasteiger partial charge in [0.05, 0.1) is 18.2 Å². The minimum absolute atomic E-state index is 0.0562. The Morgan fingerprint density at radius 2 is 2.12 bits per heavy atom. The normalized spacial score (nSPS) is 16.3. The predicted octanol–water partition coefficient (Wildman–Crippen LogP) is 2.93. The fraction of sp³-hybridized carbons (Fsp3) is 0.550. The summed E-state index contributed by atoms with van der Waals surface area (Å²) >= 11 is 0. The van der Waals surface area contributed by atoms with E-state index in [1.54, 1.807) is 23.3 Å². The Labute approximate surface area is 154 Å². The molecular formula is C20H28N4O2. The highest BCUT2D eigenvalue weighted by Crippen LogP contribution is 2.22. The molecule has 26 heavy (non-hydrogen) atoms. The summed E-state index contributed by atoms with van der Waals surface area (Å²) in [5.41, 5.74) is 4.73. The molecule has 3 rings (SSSR count). The first kappa shape index (κ1) is 18.7. The number of hydrazine groups is 1. The number of amides is 1. The maximum Gasteiger partial charge on any atom is 0.268 e. The molecule has 1 fully saturated rings. The fourth-order valence-corrected chi connectivity index (χ4v) is 3.63. The molecule has 0 radical (unpaired) electrons. The average Bonchev–Trinajstić information content (AvgIpc) is 3.16. The van der Waals surface area contributed by atoms with E-state index in [1.165, 1.54) is 19.2 Å². The maximum atomic E-state index is 13.3. The van der Waals surface area contributed by atoms with E-state index in [4.69, 9.17) is 0 Å². The number of aliphatic hydroxyl groups excluding tert-OH is 1. The summed E-state index contributed by atoms with van der Waals surface area (Å²) in [6.07, 6.45) is 8.46. The number of hydrogen-bond donors (Lipinski definition) is 2. The van der Waals surface area contributed by atoms with Crippen molar-refractivity contribution in [2.45, 2.75) is 58.0 Å². The van der Waals surface area contributed by atoms with Gasteiger partial charge in [0.25, 0.3) is 5.91 Å². The minimum Gasteiger partial charge on any atom is -0.394 e. The van der Waals surface area contributed by atoms with E-state index in [1.807, 2.05) is 6.07 Å². The predicted molar refractivity (Wildman–Crippen MR) is 101 cm³/mol. The van der Waals surface area contributed by atoms with Crippen LogP contribution in [0.4, 0.5) is 0 Å². The van der Waals surface area contributed by atoms with Crippen LogP contribution in [0.15, 0.2) is 30.7 Å². The Bertz CT molecular complexity index is 743. The lowest BCUT2D eigenvalue weighted by molar-refractivity contribution is 0.0320. The molecule has 6 nitrogen and oxygen atoms in total. The van der Waals surface area contributed by atoms with Crippen molar-refractivity contribution in [2.24, 2.45) is 5.92 Å². The van der Waals surface area contributed by atoms with Crippen molar-refractivity contribution in [1.29, 1.82) is 0 Å². The van der Waals surface area contributed by atoms with Gasteiger partial charge in [-0.1, -0.05) is 32.8 Å². The molecule has 0 saturated heterocycles. The van der Waals surface area contributed by atoms with Crippen LogP contribution in [0, 0.1) is 5.92 Å². The molecule has 1 saturated carbocycles. The number of rotatable bonds is 7. The lowest BCUT2D eigenvalue weighted by Gasteiger charge is -2.34. The average molecular weight is 356 g/mol. The van der Waals surface area contributed by atoms with E-state index in [0.717, 1.165) is 30.2 Å². The molecule has 2 N–H and O–H groups in total. The Morgan fingerprint density at radius 3 is 2.81 bits per heavy atom. The number of nitrogens with one attached hydrogen (secondary N) is 1. The summed E-state index contributed by atoms with van der Waals surface area (Å²) in [5, 5.41) is 12.5. The second-order valence-corrected chi connectivity index (χ2v) is 7.55. The van der Waals surface area contributed by atoms with Gasteiger partial charge in [0.15, 0.2) is 0 Å². The standard InChI is InChI=1S/C20H28N4O2/c1-14(2)9-18(12-25)24(23-17-5-3-4-6-17)20(26)15-7-8-16-11-21-13-22-19(16)10-15/h7-8,10-11,13-14,17-18,23,25H,3-6,9,12H2,1-2H3. The summed E-state index contributed by atoms with van der Waals surface area (Å²) < 4.78 is 0. The molecular weight excluding hydrogens is 328 g/mol. The number of aromatic nitrogens is 2. The largest absolute Gasteiger partial charge is 0.394 e. The van der Waals surface area contributed by atoms with Gasteiger partial charge < -0.3 is 5.11 Å². The van der Waals surface area contributed by atoms with Crippen molar-refractivity contribution < 1.29 is 9.90 Å². The molecule has 1 heterocycles. The molecule has 6 heteroatoms. The lowest BCUT2D eigenvalue weighted by atomic mass is 10.0. The zero-order chi connectivity index (χ0) is 18.5. The van der Waals surface area contributed by atoms with Crippen LogP contribution in [0.5, 0.6) is 0 Å². The highest BCUT2D eigenvalue weighted by Gasteiger charge is 2.28. The molecule has 1 aromatic carbocycles. The van der Waals surface area contributed by atoms with Crippen LogP contribution < -0.4 is 5.43 Å². The lowest BCUT2D eigenvalue weighted by Crippen LogP contribution is -2.54. The SMILES string of the molecule is CC(C)CC(CO)N(NC1CCCC1)C(=O)c1ccc2cncnc2c1. The van der Waals surface area contributed by atoms with E-state index >= 15 is 0 Å². The third kappa shape index (κ3) is 4.37. The van der Waals surface area contributed by atoms with Crippen molar-refractivity contribution in [2.75, 3.05) is 6.61 Å². The Balaban J connectivity index is 1.88. The maximum absolute atomic E-state index is 13.3. The van der Waals surface area contributed by atoms with Gasteiger partial charge in [-0.15, -0.1) is 0 Å². The van der Waals surface area contributed by atoms with Gasteiger partial charge in [-0.05, 0) is 37.3 Å². The molecule has 1 amide bonds. The highest BCUT2D eigenvalue weighted by molar-refractivity contribution is 5.97.